The van der Waals surface area contributed by atoms with Crippen LogP contribution in [0.3, 0.4) is 0 Å². The van der Waals surface area contributed by atoms with Gasteiger partial charge in [-0.1, -0.05) is 48.0 Å². The molecule has 27 heavy (non-hydrogen) atoms. The number of benzene rings is 2. The number of rotatable bonds is 3. The lowest BCUT2D eigenvalue weighted by Gasteiger charge is -2.07. The standard InChI is InChI=1S/C22H18N2OS2/c1-15-8-10-18(11-9-15)23-22-24(2)21(25)20(27-22)13-19-12-17(14-26-19)16-6-4-3-5-7-16/h3-14H,1-2H3/b20-13-,23-22+. The monoisotopic (exact) mass is 390 g/mol. The van der Waals surface area contributed by atoms with Crippen LogP contribution in [0.2, 0.25) is 0 Å². The summed E-state index contributed by atoms with van der Waals surface area (Å²) in [5, 5.41) is 2.83. The Morgan fingerprint density at radius 3 is 2.48 bits per heavy atom. The van der Waals surface area contributed by atoms with E-state index in [0.717, 1.165) is 10.6 Å². The van der Waals surface area contributed by atoms with Crippen molar-refractivity contribution in [2.24, 2.45) is 4.99 Å². The number of likely N-dealkylation sites (N-methyl/N-ethyl adjacent to an activating group) is 1. The van der Waals surface area contributed by atoms with E-state index in [1.165, 1.54) is 28.5 Å². The van der Waals surface area contributed by atoms with Gasteiger partial charge in [-0.3, -0.25) is 9.69 Å². The Morgan fingerprint density at radius 1 is 1.00 bits per heavy atom. The zero-order valence-corrected chi connectivity index (χ0v) is 16.7. The average molecular weight is 391 g/mol. The van der Waals surface area contributed by atoms with Crippen LogP contribution >= 0.6 is 23.1 Å². The highest BCUT2D eigenvalue weighted by Gasteiger charge is 2.30. The molecule has 1 aliphatic rings. The van der Waals surface area contributed by atoms with E-state index >= 15 is 0 Å². The number of aryl methyl sites for hydroxylation is 1. The summed E-state index contributed by atoms with van der Waals surface area (Å²) in [4.78, 5) is 20.6. The van der Waals surface area contributed by atoms with Crippen LogP contribution in [0.15, 0.2) is 75.9 Å². The summed E-state index contributed by atoms with van der Waals surface area (Å²) in [6.07, 6.45) is 1.96. The number of hydrogen-bond donors (Lipinski definition) is 0. The molecule has 0 unspecified atom stereocenters. The highest BCUT2D eigenvalue weighted by Crippen LogP contribution is 2.35. The molecule has 1 fully saturated rings. The van der Waals surface area contributed by atoms with Crippen LogP contribution in [0.1, 0.15) is 10.4 Å². The molecule has 3 aromatic rings. The Balaban J connectivity index is 1.58. The van der Waals surface area contributed by atoms with E-state index in [4.69, 9.17) is 0 Å². The van der Waals surface area contributed by atoms with Crippen LogP contribution in [-0.4, -0.2) is 23.0 Å². The van der Waals surface area contributed by atoms with Gasteiger partial charge in [0.05, 0.1) is 10.6 Å². The largest absolute Gasteiger partial charge is 0.290 e. The summed E-state index contributed by atoms with van der Waals surface area (Å²) in [6.45, 7) is 2.04. The molecular formula is C22H18N2OS2. The van der Waals surface area contributed by atoms with Crippen molar-refractivity contribution in [2.45, 2.75) is 6.92 Å². The number of amides is 1. The lowest BCUT2D eigenvalue weighted by atomic mass is 10.1. The number of aliphatic imine (C=N–C) groups is 1. The first kappa shape index (κ1) is 17.8. The minimum atomic E-state index is -0.0134. The number of amidine groups is 1. The number of carbonyl (C=O) groups excluding carboxylic acids is 1. The van der Waals surface area contributed by atoms with E-state index < -0.39 is 0 Å². The fourth-order valence-electron chi connectivity index (χ4n) is 2.72. The van der Waals surface area contributed by atoms with Gasteiger partial charge in [0.25, 0.3) is 5.91 Å². The van der Waals surface area contributed by atoms with Crippen LogP contribution in [0, 0.1) is 6.92 Å². The Bertz CT molecular complexity index is 1030. The maximum atomic E-state index is 12.6. The molecule has 134 valence electrons. The smallest absolute Gasteiger partial charge is 0.266 e. The fraction of sp³-hybridized carbons (Fsp3) is 0.0909. The van der Waals surface area contributed by atoms with E-state index in [1.54, 1.807) is 23.3 Å². The van der Waals surface area contributed by atoms with Crippen molar-refractivity contribution >= 4 is 45.9 Å². The van der Waals surface area contributed by atoms with Crippen LogP contribution in [0.5, 0.6) is 0 Å². The van der Waals surface area contributed by atoms with E-state index in [2.05, 4.69) is 28.6 Å². The van der Waals surface area contributed by atoms with Crippen molar-refractivity contribution < 1.29 is 4.79 Å². The number of carbonyl (C=O) groups is 1. The first-order valence-electron chi connectivity index (χ1n) is 8.57. The SMILES string of the molecule is Cc1ccc(/N=C2/S/C(=C\c3cc(-c4ccccc4)cs3)C(=O)N2C)cc1. The van der Waals surface area contributed by atoms with E-state index in [1.807, 2.05) is 55.5 Å². The van der Waals surface area contributed by atoms with Gasteiger partial charge < -0.3 is 0 Å². The zero-order valence-electron chi connectivity index (χ0n) is 15.0. The first-order chi connectivity index (χ1) is 13.1. The minimum Gasteiger partial charge on any atom is -0.290 e. The Labute approximate surface area is 167 Å². The molecule has 0 saturated carbocycles. The molecule has 1 saturated heterocycles. The van der Waals surface area contributed by atoms with E-state index in [9.17, 15) is 4.79 Å². The van der Waals surface area contributed by atoms with Crippen LogP contribution < -0.4 is 0 Å². The van der Waals surface area contributed by atoms with Crippen LogP contribution in [-0.2, 0) is 4.79 Å². The maximum absolute atomic E-state index is 12.6. The molecule has 3 nitrogen and oxygen atoms in total. The topological polar surface area (TPSA) is 32.7 Å². The Kier molecular flexibility index (Phi) is 4.97. The van der Waals surface area contributed by atoms with Crippen LogP contribution in [0.4, 0.5) is 5.69 Å². The normalized spacial score (nSPS) is 17.3. The Morgan fingerprint density at radius 2 is 1.74 bits per heavy atom. The van der Waals surface area contributed by atoms with Crippen molar-refractivity contribution in [2.75, 3.05) is 7.05 Å². The van der Waals surface area contributed by atoms with Gasteiger partial charge in [0.1, 0.15) is 0 Å². The molecule has 1 aliphatic heterocycles. The number of hydrogen-bond acceptors (Lipinski definition) is 4. The third-order valence-electron chi connectivity index (χ3n) is 4.26. The second kappa shape index (κ2) is 7.55. The van der Waals surface area contributed by atoms with Crippen molar-refractivity contribution in [3.05, 3.63) is 81.4 Å². The summed E-state index contributed by atoms with van der Waals surface area (Å²) < 4.78 is 0. The van der Waals surface area contributed by atoms with Crippen molar-refractivity contribution in [1.29, 1.82) is 0 Å². The summed E-state index contributed by atoms with van der Waals surface area (Å²) in [5.41, 5.74) is 4.40. The second-order valence-electron chi connectivity index (χ2n) is 6.31. The molecule has 1 amide bonds. The lowest BCUT2D eigenvalue weighted by molar-refractivity contribution is -0.121. The second-order valence-corrected chi connectivity index (χ2v) is 8.26. The van der Waals surface area contributed by atoms with Crippen LogP contribution in [0.25, 0.3) is 17.2 Å². The number of thioether (sulfide) groups is 1. The van der Waals surface area contributed by atoms with Gasteiger partial charge >= 0.3 is 0 Å². The molecule has 4 rings (SSSR count). The summed E-state index contributed by atoms with van der Waals surface area (Å²) in [5.74, 6) is -0.0134. The lowest BCUT2D eigenvalue weighted by Crippen LogP contribution is -2.23. The third kappa shape index (κ3) is 3.89. The molecule has 0 N–H and O–H groups in total. The molecule has 0 radical (unpaired) electrons. The zero-order chi connectivity index (χ0) is 18.8. The van der Waals surface area contributed by atoms with Gasteiger partial charge in [-0.15, -0.1) is 11.3 Å². The molecule has 0 aliphatic carbocycles. The molecule has 0 spiro atoms. The predicted octanol–water partition coefficient (Wildman–Crippen LogP) is 5.96. The molecule has 1 aromatic heterocycles. The van der Waals surface area contributed by atoms with E-state index in [-0.39, 0.29) is 5.91 Å². The van der Waals surface area contributed by atoms with Gasteiger partial charge in [-0.2, -0.15) is 0 Å². The molecular weight excluding hydrogens is 372 g/mol. The number of thiophene rings is 1. The molecule has 5 heteroatoms. The summed E-state index contributed by atoms with van der Waals surface area (Å²) in [6, 6.07) is 20.4. The van der Waals surface area contributed by atoms with Crippen molar-refractivity contribution in [3.63, 3.8) is 0 Å². The molecule has 0 bridgehead atoms. The highest BCUT2D eigenvalue weighted by molar-refractivity contribution is 8.18. The average Bonchev–Trinajstić information content (AvgIpc) is 3.26. The first-order valence-corrected chi connectivity index (χ1v) is 10.3. The Hall–Kier alpha value is -2.63. The fourth-order valence-corrected chi connectivity index (χ4v) is 4.62. The van der Waals surface area contributed by atoms with Gasteiger partial charge in [0.2, 0.25) is 0 Å². The molecule has 2 heterocycles. The quantitative estimate of drug-likeness (QED) is 0.517. The van der Waals surface area contributed by atoms with Gasteiger partial charge in [0.15, 0.2) is 5.17 Å². The van der Waals surface area contributed by atoms with Gasteiger partial charge in [0, 0.05) is 11.9 Å². The summed E-state index contributed by atoms with van der Waals surface area (Å²) in [7, 11) is 1.77. The third-order valence-corrected chi connectivity index (χ3v) is 6.20. The highest BCUT2D eigenvalue weighted by atomic mass is 32.2. The minimum absolute atomic E-state index is 0.0134. The predicted molar refractivity (Wildman–Crippen MR) is 116 cm³/mol. The molecule has 2 aromatic carbocycles. The van der Waals surface area contributed by atoms with Crippen molar-refractivity contribution in [1.82, 2.24) is 4.90 Å². The van der Waals surface area contributed by atoms with E-state index in [0.29, 0.717) is 10.1 Å². The van der Waals surface area contributed by atoms with Gasteiger partial charge in [-0.05, 0) is 59.5 Å². The maximum Gasteiger partial charge on any atom is 0.266 e. The van der Waals surface area contributed by atoms with Crippen molar-refractivity contribution in [3.8, 4) is 11.1 Å². The molecule has 0 atom stereocenters. The van der Waals surface area contributed by atoms with Gasteiger partial charge in [-0.25, -0.2) is 4.99 Å². The summed E-state index contributed by atoms with van der Waals surface area (Å²) >= 11 is 3.06. The number of nitrogens with zero attached hydrogens (tertiary/aromatic N) is 2.